The minimum atomic E-state index is -0.276. The van der Waals surface area contributed by atoms with E-state index < -0.39 is 0 Å². The van der Waals surface area contributed by atoms with Crippen LogP contribution < -0.4 is 16.4 Å². The van der Waals surface area contributed by atoms with Gasteiger partial charge in [-0.3, -0.25) is 4.79 Å². The number of carbonyl (C=O) groups excluding carboxylic acids is 1. The fraction of sp³-hybridized carbons (Fsp3) is 0.375. The number of benzene rings is 1. The summed E-state index contributed by atoms with van der Waals surface area (Å²) in [5.74, 6) is 0.122. The van der Waals surface area contributed by atoms with Crippen LogP contribution >= 0.6 is 11.6 Å². The number of nitrogens with two attached hydrogens (primary N) is 1. The van der Waals surface area contributed by atoms with Crippen molar-refractivity contribution in [3.05, 3.63) is 40.0 Å². The van der Waals surface area contributed by atoms with Gasteiger partial charge in [-0.25, -0.2) is 0 Å². The summed E-state index contributed by atoms with van der Waals surface area (Å²) in [6, 6.07) is 5.64. The quantitative estimate of drug-likeness (QED) is 0.744. The lowest BCUT2D eigenvalue weighted by atomic mass is 9.90. The molecule has 1 aromatic heterocycles. The first kappa shape index (κ1) is 14.5. The second-order valence-corrected chi connectivity index (χ2v) is 6.37. The van der Waals surface area contributed by atoms with Crippen LogP contribution in [0.15, 0.2) is 18.2 Å². The predicted octanol–water partition coefficient (Wildman–Crippen LogP) is 2.00. The lowest BCUT2D eigenvalue weighted by Crippen LogP contribution is -2.28. The Kier molecular flexibility index (Phi) is 3.50. The summed E-state index contributed by atoms with van der Waals surface area (Å²) < 4.78 is 1.39. The van der Waals surface area contributed by atoms with Crippen LogP contribution in [0.4, 0.5) is 11.5 Å². The van der Waals surface area contributed by atoms with Gasteiger partial charge in [0.1, 0.15) is 5.82 Å². The van der Waals surface area contributed by atoms with E-state index in [2.05, 4.69) is 15.7 Å². The third kappa shape index (κ3) is 2.29. The van der Waals surface area contributed by atoms with Crippen LogP contribution in [0.25, 0.3) is 0 Å². The number of nitrogens with zero attached hydrogens (tertiary/aromatic N) is 2. The lowest BCUT2D eigenvalue weighted by Gasteiger charge is -2.26. The van der Waals surface area contributed by atoms with Gasteiger partial charge in [-0.1, -0.05) is 23.7 Å². The van der Waals surface area contributed by atoms with Gasteiger partial charge in [0, 0.05) is 18.7 Å². The molecule has 0 amide bonds. The molecule has 1 aromatic carbocycles. The average Bonchev–Trinajstić information content (AvgIpc) is 2.92. The molecule has 0 saturated carbocycles. The van der Waals surface area contributed by atoms with Crippen LogP contribution in [0.5, 0.6) is 0 Å². The SMILES string of the molecule is Nc1c2c(nn1C(=O)[C@@H]1CCNc3c(Cl)cccc31)CNCC2. The summed E-state index contributed by atoms with van der Waals surface area (Å²) in [4.78, 5) is 13.0. The van der Waals surface area contributed by atoms with Gasteiger partial charge in [0.2, 0.25) is 0 Å². The molecule has 0 spiro atoms. The maximum atomic E-state index is 13.0. The van der Waals surface area contributed by atoms with E-state index in [-0.39, 0.29) is 11.8 Å². The van der Waals surface area contributed by atoms with Crippen LogP contribution in [-0.2, 0) is 13.0 Å². The van der Waals surface area contributed by atoms with Crippen LogP contribution in [-0.4, -0.2) is 28.8 Å². The molecule has 0 fully saturated rings. The number of rotatable bonds is 1. The number of aromatic nitrogens is 2. The Morgan fingerprint density at radius 1 is 1.39 bits per heavy atom. The van der Waals surface area contributed by atoms with Crippen molar-refractivity contribution in [2.45, 2.75) is 25.3 Å². The number of carbonyl (C=O) groups is 1. The third-order valence-corrected chi connectivity index (χ3v) is 4.93. The van der Waals surface area contributed by atoms with Crippen molar-refractivity contribution < 1.29 is 4.79 Å². The highest BCUT2D eigenvalue weighted by Crippen LogP contribution is 2.37. The van der Waals surface area contributed by atoms with Gasteiger partial charge >= 0.3 is 0 Å². The second kappa shape index (κ2) is 5.54. The number of nitrogens with one attached hydrogen (secondary N) is 2. The molecular formula is C16H18ClN5O. The molecule has 0 saturated heterocycles. The molecule has 4 rings (SSSR count). The predicted molar refractivity (Wildman–Crippen MR) is 90.0 cm³/mol. The van der Waals surface area contributed by atoms with Crippen LogP contribution in [0, 0.1) is 0 Å². The van der Waals surface area contributed by atoms with Gasteiger partial charge in [-0.05, 0) is 31.0 Å². The number of halogens is 1. The van der Waals surface area contributed by atoms with Gasteiger partial charge < -0.3 is 16.4 Å². The summed E-state index contributed by atoms with van der Waals surface area (Å²) >= 11 is 6.24. The molecule has 120 valence electrons. The van der Waals surface area contributed by atoms with E-state index in [0.29, 0.717) is 30.4 Å². The van der Waals surface area contributed by atoms with Crippen molar-refractivity contribution in [1.29, 1.82) is 0 Å². The van der Waals surface area contributed by atoms with Gasteiger partial charge in [-0.15, -0.1) is 0 Å². The highest BCUT2D eigenvalue weighted by molar-refractivity contribution is 6.33. The van der Waals surface area contributed by atoms with E-state index in [0.717, 1.165) is 35.5 Å². The van der Waals surface area contributed by atoms with Gasteiger partial charge in [0.15, 0.2) is 0 Å². The van der Waals surface area contributed by atoms with Gasteiger partial charge in [-0.2, -0.15) is 9.78 Å². The van der Waals surface area contributed by atoms with Crippen molar-refractivity contribution in [2.75, 3.05) is 24.1 Å². The van der Waals surface area contributed by atoms with E-state index in [4.69, 9.17) is 17.3 Å². The molecule has 2 aliphatic rings. The van der Waals surface area contributed by atoms with Crippen molar-refractivity contribution in [3.63, 3.8) is 0 Å². The Bertz CT molecular complexity index is 785. The van der Waals surface area contributed by atoms with E-state index in [1.165, 1.54) is 4.68 Å². The molecule has 2 aliphatic heterocycles. The largest absolute Gasteiger partial charge is 0.384 e. The molecule has 2 aromatic rings. The third-order valence-electron chi connectivity index (χ3n) is 4.61. The number of anilines is 2. The summed E-state index contributed by atoms with van der Waals surface area (Å²) in [7, 11) is 0. The molecule has 0 radical (unpaired) electrons. The molecule has 1 atom stereocenters. The first-order valence-corrected chi connectivity index (χ1v) is 8.18. The van der Waals surface area contributed by atoms with Crippen molar-refractivity contribution in [1.82, 2.24) is 15.1 Å². The van der Waals surface area contributed by atoms with Crippen molar-refractivity contribution in [3.8, 4) is 0 Å². The van der Waals surface area contributed by atoms with Crippen molar-refractivity contribution in [2.24, 2.45) is 0 Å². The summed E-state index contributed by atoms with van der Waals surface area (Å²) in [5.41, 5.74) is 9.83. The standard InChI is InChI=1S/C16H18ClN5O/c17-12-3-1-2-9-10(5-7-20-14(9)12)16(23)22-15(18)11-4-6-19-8-13(11)21-22/h1-3,10,19-20H,4-8,18H2/t10-/m1/s1. The average molecular weight is 332 g/mol. The normalized spacial score (nSPS) is 19.6. The first-order chi connectivity index (χ1) is 11.2. The minimum Gasteiger partial charge on any atom is -0.384 e. The van der Waals surface area contributed by atoms with E-state index in [1.54, 1.807) is 0 Å². The maximum absolute atomic E-state index is 13.0. The summed E-state index contributed by atoms with van der Waals surface area (Å²) in [5, 5.41) is 11.6. The molecule has 3 heterocycles. The minimum absolute atomic E-state index is 0.0816. The van der Waals surface area contributed by atoms with Crippen LogP contribution in [0.3, 0.4) is 0 Å². The van der Waals surface area contributed by atoms with E-state index in [1.807, 2.05) is 18.2 Å². The molecule has 0 aliphatic carbocycles. The molecule has 6 nitrogen and oxygen atoms in total. The fourth-order valence-electron chi connectivity index (χ4n) is 3.43. The molecule has 0 bridgehead atoms. The smallest absolute Gasteiger partial charge is 0.256 e. The molecular weight excluding hydrogens is 314 g/mol. The zero-order valence-corrected chi connectivity index (χ0v) is 13.4. The number of fused-ring (bicyclic) bond motifs is 2. The van der Waals surface area contributed by atoms with Crippen molar-refractivity contribution >= 4 is 29.0 Å². The van der Waals surface area contributed by atoms with Crippen LogP contribution in [0.2, 0.25) is 5.02 Å². The van der Waals surface area contributed by atoms with E-state index >= 15 is 0 Å². The molecule has 4 N–H and O–H groups in total. The molecule has 7 heteroatoms. The van der Waals surface area contributed by atoms with Crippen LogP contribution in [0.1, 0.15) is 34.0 Å². The fourth-order valence-corrected chi connectivity index (χ4v) is 3.68. The number of nitrogen functional groups attached to an aromatic ring is 1. The summed E-state index contributed by atoms with van der Waals surface area (Å²) in [6.07, 6.45) is 1.51. The monoisotopic (exact) mass is 331 g/mol. The number of hydrogen-bond acceptors (Lipinski definition) is 5. The molecule has 0 unspecified atom stereocenters. The first-order valence-electron chi connectivity index (χ1n) is 7.80. The Hall–Kier alpha value is -2.05. The Morgan fingerprint density at radius 2 is 2.26 bits per heavy atom. The zero-order valence-electron chi connectivity index (χ0n) is 12.6. The Morgan fingerprint density at radius 3 is 3.09 bits per heavy atom. The zero-order chi connectivity index (χ0) is 16.0. The highest BCUT2D eigenvalue weighted by atomic mass is 35.5. The number of hydrogen-bond donors (Lipinski definition) is 3. The Labute approximate surface area is 139 Å². The maximum Gasteiger partial charge on any atom is 0.256 e. The second-order valence-electron chi connectivity index (χ2n) is 5.96. The number of para-hydroxylation sites is 1. The van der Waals surface area contributed by atoms with E-state index in [9.17, 15) is 4.79 Å². The van der Waals surface area contributed by atoms with Gasteiger partial charge in [0.05, 0.1) is 22.3 Å². The topological polar surface area (TPSA) is 85.0 Å². The lowest BCUT2D eigenvalue weighted by molar-refractivity contribution is 0.0859. The van der Waals surface area contributed by atoms with Gasteiger partial charge in [0.25, 0.3) is 5.91 Å². The Balaban J connectivity index is 1.74. The summed E-state index contributed by atoms with van der Waals surface area (Å²) in [6.45, 7) is 2.23. The highest BCUT2D eigenvalue weighted by Gasteiger charge is 2.31. The molecule has 23 heavy (non-hydrogen) atoms.